The summed E-state index contributed by atoms with van der Waals surface area (Å²) in [5.74, 6) is 0.791. The number of hydrogen-bond acceptors (Lipinski definition) is 2. The van der Waals surface area contributed by atoms with Crippen LogP contribution in [0.3, 0.4) is 0 Å². The van der Waals surface area contributed by atoms with E-state index in [9.17, 15) is 0 Å². The molecule has 0 aliphatic heterocycles. The molecule has 2 nitrogen and oxygen atoms in total. The third kappa shape index (κ3) is 6.67. The van der Waals surface area contributed by atoms with Gasteiger partial charge in [0.05, 0.1) is 0 Å². The lowest BCUT2D eigenvalue weighted by molar-refractivity contribution is 0.631. The third-order valence-corrected chi connectivity index (χ3v) is 6.07. The number of halogens is 1. The molecule has 0 spiro atoms. The van der Waals surface area contributed by atoms with E-state index in [1.807, 2.05) is 12.4 Å². The van der Waals surface area contributed by atoms with Crippen LogP contribution in [0.5, 0.6) is 0 Å². The second-order valence-corrected chi connectivity index (χ2v) is 8.68. The standard InChI is InChI=1S/C27H33ClN2/c1-3-5-6-7-8-9-22-19-29-27(30-20-22)25-16-14-24(15-17-25)23-12-10-21(11-13-23)18-26(28)4-2/h10-17,19-20,26H,3-9,18H2,1-2H3. The first-order valence-electron chi connectivity index (χ1n) is 11.3. The Balaban J connectivity index is 1.58. The molecule has 3 aromatic rings. The highest BCUT2D eigenvalue weighted by atomic mass is 35.5. The van der Waals surface area contributed by atoms with Gasteiger partial charge in [-0.2, -0.15) is 0 Å². The quantitative estimate of drug-likeness (QED) is 0.233. The molecular weight excluding hydrogens is 388 g/mol. The van der Waals surface area contributed by atoms with Crippen LogP contribution in [0.15, 0.2) is 60.9 Å². The minimum absolute atomic E-state index is 0.211. The molecule has 3 rings (SSSR count). The number of unbranched alkanes of at least 4 members (excludes halogenated alkanes) is 4. The maximum absolute atomic E-state index is 6.27. The summed E-state index contributed by atoms with van der Waals surface area (Å²) in [7, 11) is 0. The van der Waals surface area contributed by atoms with E-state index in [1.165, 1.54) is 54.4 Å². The average molecular weight is 421 g/mol. The largest absolute Gasteiger partial charge is 0.236 e. The maximum atomic E-state index is 6.27. The van der Waals surface area contributed by atoms with Gasteiger partial charge in [-0.3, -0.25) is 0 Å². The smallest absolute Gasteiger partial charge is 0.159 e. The van der Waals surface area contributed by atoms with Crippen molar-refractivity contribution in [2.45, 2.75) is 70.6 Å². The fraction of sp³-hybridized carbons (Fsp3) is 0.407. The van der Waals surface area contributed by atoms with Crippen LogP contribution in [0.2, 0.25) is 0 Å². The van der Waals surface area contributed by atoms with Gasteiger partial charge in [-0.15, -0.1) is 11.6 Å². The van der Waals surface area contributed by atoms with Crippen molar-refractivity contribution in [2.75, 3.05) is 0 Å². The molecule has 0 amide bonds. The first kappa shape index (κ1) is 22.5. The lowest BCUT2D eigenvalue weighted by Crippen LogP contribution is -2.00. The summed E-state index contributed by atoms with van der Waals surface area (Å²) in [4.78, 5) is 9.18. The van der Waals surface area contributed by atoms with E-state index >= 15 is 0 Å². The van der Waals surface area contributed by atoms with Crippen molar-refractivity contribution in [2.24, 2.45) is 0 Å². The fourth-order valence-electron chi connectivity index (χ4n) is 3.61. The van der Waals surface area contributed by atoms with Crippen molar-refractivity contribution in [3.8, 4) is 22.5 Å². The highest BCUT2D eigenvalue weighted by Crippen LogP contribution is 2.24. The molecule has 0 saturated heterocycles. The Morgan fingerprint density at radius 3 is 1.87 bits per heavy atom. The van der Waals surface area contributed by atoms with Crippen molar-refractivity contribution < 1.29 is 0 Å². The zero-order valence-electron chi connectivity index (χ0n) is 18.3. The molecular formula is C27H33ClN2. The number of rotatable bonds is 11. The monoisotopic (exact) mass is 420 g/mol. The highest BCUT2D eigenvalue weighted by Gasteiger charge is 2.06. The summed E-state index contributed by atoms with van der Waals surface area (Å²) in [5, 5.41) is 0.211. The highest BCUT2D eigenvalue weighted by molar-refractivity contribution is 6.20. The van der Waals surface area contributed by atoms with Crippen LogP contribution in [0.4, 0.5) is 0 Å². The zero-order chi connectivity index (χ0) is 21.2. The van der Waals surface area contributed by atoms with Crippen molar-refractivity contribution in [3.05, 3.63) is 72.1 Å². The SMILES string of the molecule is CCCCCCCc1cnc(-c2ccc(-c3ccc(CC(Cl)CC)cc3)cc2)nc1. The molecule has 0 aliphatic carbocycles. The Morgan fingerprint density at radius 2 is 1.27 bits per heavy atom. The van der Waals surface area contributed by atoms with Crippen molar-refractivity contribution in [1.29, 1.82) is 0 Å². The summed E-state index contributed by atoms with van der Waals surface area (Å²) in [6.45, 7) is 4.37. The summed E-state index contributed by atoms with van der Waals surface area (Å²) in [5.41, 5.74) is 5.99. The minimum Gasteiger partial charge on any atom is -0.236 e. The van der Waals surface area contributed by atoms with Gasteiger partial charge in [-0.05, 0) is 47.9 Å². The lowest BCUT2D eigenvalue weighted by atomic mass is 10.0. The topological polar surface area (TPSA) is 25.8 Å². The summed E-state index contributed by atoms with van der Waals surface area (Å²) in [6, 6.07) is 17.2. The molecule has 2 aromatic carbocycles. The van der Waals surface area contributed by atoms with E-state index in [0.29, 0.717) is 0 Å². The Hall–Kier alpha value is -2.19. The van der Waals surface area contributed by atoms with Gasteiger partial charge in [0.25, 0.3) is 0 Å². The van der Waals surface area contributed by atoms with Crippen LogP contribution >= 0.6 is 11.6 Å². The van der Waals surface area contributed by atoms with Crippen LogP contribution < -0.4 is 0 Å². The predicted molar refractivity (Wildman–Crippen MR) is 129 cm³/mol. The summed E-state index contributed by atoms with van der Waals surface area (Å²) >= 11 is 6.27. The number of aryl methyl sites for hydroxylation is 1. The van der Waals surface area contributed by atoms with Gasteiger partial charge in [-0.25, -0.2) is 9.97 Å². The summed E-state index contributed by atoms with van der Waals surface area (Å²) in [6.07, 6.45) is 13.4. The lowest BCUT2D eigenvalue weighted by Gasteiger charge is -2.08. The van der Waals surface area contributed by atoms with Crippen LogP contribution in [0.25, 0.3) is 22.5 Å². The minimum atomic E-state index is 0.211. The molecule has 3 heteroatoms. The molecule has 0 N–H and O–H groups in total. The molecule has 158 valence electrons. The molecule has 1 atom stereocenters. The molecule has 0 aliphatic rings. The van der Waals surface area contributed by atoms with E-state index in [0.717, 1.165) is 30.7 Å². The Labute approximate surface area is 186 Å². The maximum Gasteiger partial charge on any atom is 0.159 e. The molecule has 1 unspecified atom stereocenters. The fourth-order valence-corrected chi connectivity index (χ4v) is 3.79. The molecule has 1 heterocycles. The third-order valence-electron chi connectivity index (χ3n) is 5.60. The van der Waals surface area contributed by atoms with Crippen molar-refractivity contribution in [3.63, 3.8) is 0 Å². The Morgan fingerprint density at radius 1 is 0.700 bits per heavy atom. The first-order chi connectivity index (χ1) is 14.7. The molecule has 1 aromatic heterocycles. The van der Waals surface area contributed by atoms with E-state index in [4.69, 9.17) is 11.6 Å². The normalized spacial score (nSPS) is 12.1. The van der Waals surface area contributed by atoms with Gasteiger partial charge in [0, 0.05) is 23.3 Å². The number of benzene rings is 2. The zero-order valence-corrected chi connectivity index (χ0v) is 19.0. The van der Waals surface area contributed by atoms with Gasteiger partial charge in [0.15, 0.2) is 5.82 Å². The van der Waals surface area contributed by atoms with Crippen LogP contribution in [-0.2, 0) is 12.8 Å². The molecule has 30 heavy (non-hydrogen) atoms. The first-order valence-corrected chi connectivity index (χ1v) is 11.8. The van der Waals surface area contributed by atoms with Gasteiger partial charge < -0.3 is 0 Å². The Bertz CT molecular complexity index is 870. The van der Waals surface area contributed by atoms with Gasteiger partial charge in [-0.1, -0.05) is 88.1 Å². The number of nitrogens with zero attached hydrogens (tertiary/aromatic N) is 2. The number of alkyl halides is 1. The second-order valence-electron chi connectivity index (χ2n) is 8.06. The van der Waals surface area contributed by atoms with E-state index in [1.54, 1.807) is 0 Å². The number of hydrogen-bond donors (Lipinski definition) is 0. The predicted octanol–water partition coefficient (Wildman–Crippen LogP) is 7.88. The van der Waals surface area contributed by atoms with E-state index < -0.39 is 0 Å². The summed E-state index contributed by atoms with van der Waals surface area (Å²) < 4.78 is 0. The molecule has 0 radical (unpaired) electrons. The number of aromatic nitrogens is 2. The van der Waals surface area contributed by atoms with Gasteiger partial charge >= 0.3 is 0 Å². The van der Waals surface area contributed by atoms with Crippen molar-refractivity contribution in [1.82, 2.24) is 9.97 Å². The average Bonchev–Trinajstić information content (AvgIpc) is 2.80. The molecule has 0 saturated carbocycles. The Kier molecular flexibility index (Phi) is 8.89. The molecule has 0 bridgehead atoms. The van der Waals surface area contributed by atoms with E-state index in [2.05, 4.69) is 72.3 Å². The van der Waals surface area contributed by atoms with E-state index in [-0.39, 0.29) is 5.38 Å². The van der Waals surface area contributed by atoms with Crippen molar-refractivity contribution >= 4 is 11.6 Å². The van der Waals surface area contributed by atoms with Crippen LogP contribution in [0.1, 0.15) is 63.5 Å². The van der Waals surface area contributed by atoms with Crippen LogP contribution in [-0.4, -0.2) is 15.3 Å². The van der Waals surface area contributed by atoms with Crippen LogP contribution in [0, 0.1) is 0 Å². The van der Waals surface area contributed by atoms with Gasteiger partial charge in [0.2, 0.25) is 0 Å². The van der Waals surface area contributed by atoms with Gasteiger partial charge in [0.1, 0.15) is 0 Å². The molecule has 0 fully saturated rings. The second kappa shape index (κ2) is 11.9.